The van der Waals surface area contributed by atoms with Crippen molar-refractivity contribution in [2.24, 2.45) is 0 Å². The smallest absolute Gasteiger partial charge is 0.309 e. The van der Waals surface area contributed by atoms with Crippen LogP contribution >= 0.6 is 0 Å². The number of carboxylic acids is 1. The third kappa shape index (κ3) is 1.76. The number of nitrogens with zero attached hydrogens (tertiary/aromatic N) is 1. The summed E-state index contributed by atoms with van der Waals surface area (Å²) in [6.07, 6.45) is 1.66. The average molecular weight is 205 g/mol. The van der Waals surface area contributed by atoms with E-state index in [2.05, 4.69) is 15.3 Å². The first-order chi connectivity index (χ1) is 7.20. The van der Waals surface area contributed by atoms with Gasteiger partial charge in [-0.15, -0.1) is 0 Å². The molecule has 2 aromatic rings. The molecule has 2 aromatic heterocycles. The molecule has 0 saturated carbocycles. The van der Waals surface area contributed by atoms with Gasteiger partial charge in [0.1, 0.15) is 5.65 Å². The van der Waals surface area contributed by atoms with E-state index in [0.29, 0.717) is 11.3 Å². The Morgan fingerprint density at radius 1 is 1.67 bits per heavy atom. The maximum absolute atomic E-state index is 10.5. The Balaban J connectivity index is 2.50. The fourth-order valence-electron chi connectivity index (χ4n) is 1.56. The van der Waals surface area contributed by atoms with Crippen molar-refractivity contribution < 1.29 is 9.90 Å². The summed E-state index contributed by atoms with van der Waals surface area (Å²) in [5.41, 5.74) is 2.30. The second-order valence-corrected chi connectivity index (χ2v) is 3.24. The fraction of sp³-hybridized carbons (Fsp3) is 0.200. The van der Waals surface area contributed by atoms with Gasteiger partial charge >= 0.3 is 5.97 Å². The normalized spacial score (nSPS) is 10.5. The number of carboxylic acid groups (broad SMARTS) is 1. The molecular formula is C10H11N3O2. The highest BCUT2D eigenvalue weighted by Crippen LogP contribution is 2.21. The summed E-state index contributed by atoms with van der Waals surface area (Å²) in [5, 5.41) is 12.6. The van der Waals surface area contributed by atoms with Crippen molar-refractivity contribution in [2.75, 3.05) is 12.4 Å². The summed E-state index contributed by atoms with van der Waals surface area (Å²) in [4.78, 5) is 17.6. The molecule has 0 bridgehead atoms. The zero-order valence-corrected chi connectivity index (χ0v) is 8.24. The predicted octanol–water partition coefficient (Wildman–Crippen LogP) is 1.23. The number of hydrogen-bond acceptors (Lipinski definition) is 3. The van der Waals surface area contributed by atoms with Gasteiger partial charge in [-0.25, -0.2) is 4.98 Å². The zero-order valence-electron chi connectivity index (χ0n) is 8.24. The Bertz CT molecular complexity index is 504. The highest BCUT2D eigenvalue weighted by atomic mass is 16.4. The van der Waals surface area contributed by atoms with Crippen molar-refractivity contribution in [2.45, 2.75) is 6.42 Å². The van der Waals surface area contributed by atoms with Gasteiger partial charge in [-0.05, 0) is 12.1 Å². The second kappa shape index (κ2) is 3.61. The minimum atomic E-state index is -0.854. The molecule has 15 heavy (non-hydrogen) atoms. The van der Waals surface area contributed by atoms with Crippen LogP contribution in [0.1, 0.15) is 5.69 Å². The standard InChI is InChI=1S/C10H11N3O2/c1-11-8-2-3-12-10-7(8)4-6(13-10)5-9(14)15/h2-4H,5H2,1H3,(H,14,15)(H2,11,12,13). The molecule has 0 aromatic carbocycles. The molecule has 0 radical (unpaired) electrons. The number of hydrogen-bond donors (Lipinski definition) is 3. The van der Waals surface area contributed by atoms with E-state index in [4.69, 9.17) is 5.11 Å². The average Bonchev–Trinajstić information content (AvgIpc) is 2.58. The van der Waals surface area contributed by atoms with Crippen molar-refractivity contribution >= 4 is 22.7 Å². The van der Waals surface area contributed by atoms with Gasteiger partial charge in [0.15, 0.2) is 0 Å². The number of H-pyrrole nitrogens is 1. The van der Waals surface area contributed by atoms with E-state index in [1.807, 2.05) is 19.2 Å². The highest BCUT2D eigenvalue weighted by Gasteiger charge is 2.07. The molecule has 78 valence electrons. The van der Waals surface area contributed by atoms with Crippen molar-refractivity contribution in [1.29, 1.82) is 0 Å². The molecule has 0 aliphatic carbocycles. The SMILES string of the molecule is CNc1ccnc2[nH]c(CC(=O)O)cc12. The van der Waals surface area contributed by atoms with Crippen LogP contribution in [0, 0.1) is 0 Å². The molecule has 0 saturated heterocycles. The zero-order chi connectivity index (χ0) is 10.8. The monoisotopic (exact) mass is 205 g/mol. The lowest BCUT2D eigenvalue weighted by Crippen LogP contribution is -1.99. The number of rotatable bonds is 3. The number of aromatic nitrogens is 2. The van der Waals surface area contributed by atoms with Gasteiger partial charge < -0.3 is 15.4 Å². The largest absolute Gasteiger partial charge is 0.481 e. The summed E-state index contributed by atoms with van der Waals surface area (Å²) in [6.45, 7) is 0. The number of aromatic amines is 1. The molecular weight excluding hydrogens is 194 g/mol. The number of fused-ring (bicyclic) bond motifs is 1. The van der Waals surface area contributed by atoms with E-state index in [1.54, 1.807) is 6.20 Å². The van der Waals surface area contributed by atoms with Crippen molar-refractivity contribution in [1.82, 2.24) is 9.97 Å². The van der Waals surface area contributed by atoms with E-state index in [0.717, 1.165) is 11.1 Å². The molecule has 0 unspecified atom stereocenters. The summed E-state index contributed by atoms with van der Waals surface area (Å²) in [6, 6.07) is 3.66. The number of nitrogens with one attached hydrogen (secondary N) is 2. The summed E-state index contributed by atoms with van der Waals surface area (Å²) in [7, 11) is 1.82. The third-order valence-corrected chi connectivity index (χ3v) is 2.20. The Kier molecular flexibility index (Phi) is 2.29. The maximum Gasteiger partial charge on any atom is 0.309 e. The predicted molar refractivity (Wildman–Crippen MR) is 57.0 cm³/mol. The summed E-state index contributed by atoms with van der Waals surface area (Å²) < 4.78 is 0. The van der Waals surface area contributed by atoms with Crippen LogP contribution in [0.15, 0.2) is 18.3 Å². The molecule has 2 heterocycles. The molecule has 0 spiro atoms. The number of carbonyl (C=O) groups is 1. The van der Waals surface area contributed by atoms with E-state index >= 15 is 0 Å². The third-order valence-electron chi connectivity index (χ3n) is 2.20. The van der Waals surface area contributed by atoms with Crippen LogP contribution in [0.5, 0.6) is 0 Å². The second-order valence-electron chi connectivity index (χ2n) is 3.24. The van der Waals surface area contributed by atoms with Crippen molar-refractivity contribution in [3.63, 3.8) is 0 Å². The summed E-state index contributed by atoms with van der Waals surface area (Å²) >= 11 is 0. The van der Waals surface area contributed by atoms with Crippen LogP contribution < -0.4 is 5.32 Å². The first-order valence-electron chi connectivity index (χ1n) is 4.57. The van der Waals surface area contributed by atoms with E-state index < -0.39 is 5.97 Å². The van der Waals surface area contributed by atoms with Crippen LogP contribution in [0.3, 0.4) is 0 Å². The quantitative estimate of drug-likeness (QED) is 0.704. The fourth-order valence-corrected chi connectivity index (χ4v) is 1.56. The van der Waals surface area contributed by atoms with Crippen LogP contribution in [-0.4, -0.2) is 28.1 Å². The first-order valence-corrected chi connectivity index (χ1v) is 4.57. The molecule has 5 heteroatoms. The minimum absolute atomic E-state index is 0.0144. The lowest BCUT2D eigenvalue weighted by atomic mass is 10.2. The Morgan fingerprint density at radius 3 is 3.13 bits per heavy atom. The van der Waals surface area contributed by atoms with Gasteiger partial charge in [-0.2, -0.15) is 0 Å². The number of pyridine rings is 1. The van der Waals surface area contributed by atoms with Crippen molar-refractivity contribution in [3.8, 4) is 0 Å². The number of anilines is 1. The van der Waals surface area contributed by atoms with Crippen LogP contribution in [0.2, 0.25) is 0 Å². The van der Waals surface area contributed by atoms with Gasteiger partial charge in [-0.1, -0.05) is 0 Å². The lowest BCUT2D eigenvalue weighted by molar-refractivity contribution is -0.136. The highest BCUT2D eigenvalue weighted by molar-refractivity contribution is 5.90. The van der Waals surface area contributed by atoms with Gasteiger partial charge in [0, 0.05) is 30.0 Å². The topological polar surface area (TPSA) is 78.0 Å². The Morgan fingerprint density at radius 2 is 2.47 bits per heavy atom. The molecule has 0 aliphatic heterocycles. The molecule has 5 nitrogen and oxygen atoms in total. The Hall–Kier alpha value is -2.04. The Labute approximate surface area is 86.1 Å². The first kappa shape index (κ1) is 9.51. The lowest BCUT2D eigenvalue weighted by Gasteiger charge is -1.98. The van der Waals surface area contributed by atoms with Crippen LogP contribution in [-0.2, 0) is 11.2 Å². The van der Waals surface area contributed by atoms with Crippen LogP contribution in [0.4, 0.5) is 5.69 Å². The minimum Gasteiger partial charge on any atom is -0.481 e. The van der Waals surface area contributed by atoms with Gasteiger partial charge in [0.05, 0.1) is 6.42 Å². The number of aliphatic carboxylic acids is 1. The van der Waals surface area contributed by atoms with Crippen LogP contribution in [0.25, 0.3) is 11.0 Å². The van der Waals surface area contributed by atoms with E-state index in [9.17, 15) is 4.79 Å². The van der Waals surface area contributed by atoms with Gasteiger partial charge in [0.2, 0.25) is 0 Å². The molecule has 0 aliphatic rings. The molecule has 3 N–H and O–H groups in total. The van der Waals surface area contributed by atoms with E-state index in [-0.39, 0.29) is 6.42 Å². The molecule has 2 rings (SSSR count). The molecule has 0 atom stereocenters. The maximum atomic E-state index is 10.5. The van der Waals surface area contributed by atoms with Crippen molar-refractivity contribution in [3.05, 3.63) is 24.0 Å². The van der Waals surface area contributed by atoms with Gasteiger partial charge in [-0.3, -0.25) is 4.79 Å². The summed E-state index contributed by atoms with van der Waals surface area (Å²) in [5.74, 6) is -0.854. The molecule has 0 amide bonds. The van der Waals surface area contributed by atoms with E-state index in [1.165, 1.54) is 0 Å². The molecule has 0 fully saturated rings. The van der Waals surface area contributed by atoms with Gasteiger partial charge in [0.25, 0.3) is 0 Å².